The molecule has 3 rings (SSSR count). The summed E-state index contributed by atoms with van der Waals surface area (Å²) in [7, 11) is 0. The molecule has 0 aliphatic heterocycles. The Morgan fingerprint density at radius 1 is 1.24 bits per heavy atom. The van der Waals surface area contributed by atoms with Crippen LogP contribution in [0.3, 0.4) is 0 Å². The summed E-state index contributed by atoms with van der Waals surface area (Å²) < 4.78 is 1.60. The molecule has 0 saturated carbocycles. The highest BCUT2D eigenvalue weighted by atomic mass is 35.5. The van der Waals surface area contributed by atoms with Gasteiger partial charge in [-0.1, -0.05) is 29.8 Å². The lowest BCUT2D eigenvalue weighted by Gasteiger charge is -2.02. The minimum absolute atomic E-state index is 0.223. The van der Waals surface area contributed by atoms with Crippen LogP contribution in [0.5, 0.6) is 0 Å². The van der Waals surface area contributed by atoms with Crippen molar-refractivity contribution in [1.82, 2.24) is 20.0 Å². The number of H-pyrrole nitrogens is 1. The molecule has 5 nitrogen and oxygen atoms in total. The van der Waals surface area contributed by atoms with Crippen molar-refractivity contribution in [3.8, 4) is 5.69 Å². The maximum Gasteiger partial charge on any atom is 0.275 e. The van der Waals surface area contributed by atoms with Gasteiger partial charge in [-0.25, -0.2) is 9.78 Å². The summed E-state index contributed by atoms with van der Waals surface area (Å²) in [6.07, 6.45) is 1.48. The van der Waals surface area contributed by atoms with Crippen molar-refractivity contribution in [1.29, 1.82) is 0 Å². The van der Waals surface area contributed by atoms with E-state index in [1.165, 1.54) is 6.20 Å². The zero-order valence-corrected chi connectivity index (χ0v) is 9.35. The third-order valence-corrected chi connectivity index (χ3v) is 2.73. The minimum Gasteiger partial charge on any atom is -0.267 e. The Morgan fingerprint density at radius 3 is 2.76 bits per heavy atom. The Labute approximate surface area is 101 Å². The van der Waals surface area contributed by atoms with Crippen LogP contribution in [0, 0.1) is 0 Å². The monoisotopic (exact) mass is 246 g/mol. The van der Waals surface area contributed by atoms with Crippen LogP contribution in [0.2, 0.25) is 5.15 Å². The third-order valence-electron chi connectivity index (χ3n) is 2.47. The van der Waals surface area contributed by atoms with Gasteiger partial charge in [0.05, 0.1) is 17.3 Å². The number of rotatable bonds is 1. The Kier molecular flexibility index (Phi) is 2.19. The first kappa shape index (κ1) is 10.0. The van der Waals surface area contributed by atoms with Crippen molar-refractivity contribution in [2.75, 3.05) is 0 Å². The van der Waals surface area contributed by atoms with E-state index in [9.17, 15) is 4.79 Å². The molecule has 0 aliphatic carbocycles. The molecule has 17 heavy (non-hydrogen) atoms. The molecule has 84 valence electrons. The highest BCUT2D eigenvalue weighted by molar-refractivity contribution is 6.33. The van der Waals surface area contributed by atoms with E-state index in [4.69, 9.17) is 11.6 Å². The van der Waals surface area contributed by atoms with Gasteiger partial charge in [-0.05, 0) is 12.1 Å². The predicted molar refractivity (Wildman–Crippen MR) is 64.5 cm³/mol. The van der Waals surface area contributed by atoms with Crippen molar-refractivity contribution < 1.29 is 0 Å². The molecule has 3 aromatic rings. The smallest absolute Gasteiger partial charge is 0.267 e. The SMILES string of the molecule is O=c1[nH]nc(Cl)c2c1cnn2-c1ccccc1. The Hall–Kier alpha value is -2.14. The first-order chi connectivity index (χ1) is 8.27. The Morgan fingerprint density at radius 2 is 2.00 bits per heavy atom. The summed E-state index contributed by atoms with van der Waals surface area (Å²) >= 11 is 5.98. The molecule has 0 amide bonds. The van der Waals surface area contributed by atoms with E-state index in [-0.39, 0.29) is 10.7 Å². The van der Waals surface area contributed by atoms with E-state index in [0.29, 0.717) is 10.9 Å². The molecular weight excluding hydrogens is 240 g/mol. The maximum atomic E-state index is 11.5. The topological polar surface area (TPSA) is 63.6 Å². The molecule has 0 unspecified atom stereocenters. The lowest BCUT2D eigenvalue weighted by molar-refractivity contribution is 0.903. The quantitative estimate of drug-likeness (QED) is 0.712. The van der Waals surface area contributed by atoms with Crippen LogP contribution in [0.4, 0.5) is 0 Å². The average Bonchev–Trinajstić information content (AvgIpc) is 2.81. The number of hydrogen-bond donors (Lipinski definition) is 1. The second kappa shape index (κ2) is 3.71. The molecule has 0 bridgehead atoms. The summed E-state index contributed by atoms with van der Waals surface area (Å²) in [6.45, 7) is 0. The van der Waals surface area contributed by atoms with Gasteiger partial charge in [-0.3, -0.25) is 4.79 Å². The third kappa shape index (κ3) is 1.52. The van der Waals surface area contributed by atoms with E-state index >= 15 is 0 Å². The second-order valence-electron chi connectivity index (χ2n) is 3.50. The van der Waals surface area contributed by atoms with Gasteiger partial charge in [-0.2, -0.15) is 10.2 Å². The van der Waals surface area contributed by atoms with Gasteiger partial charge in [0.25, 0.3) is 5.56 Å². The number of hydrogen-bond acceptors (Lipinski definition) is 3. The van der Waals surface area contributed by atoms with Gasteiger partial charge in [-0.15, -0.1) is 0 Å². The number of aromatic nitrogens is 4. The van der Waals surface area contributed by atoms with Crippen LogP contribution in [0.15, 0.2) is 41.3 Å². The van der Waals surface area contributed by atoms with Crippen LogP contribution < -0.4 is 5.56 Å². The molecular formula is C11H7ClN4O. The van der Waals surface area contributed by atoms with Crippen LogP contribution in [-0.2, 0) is 0 Å². The van der Waals surface area contributed by atoms with Crippen LogP contribution in [-0.4, -0.2) is 20.0 Å². The number of nitrogens with one attached hydrogen (secondary N) is 1. The van der Waals surface area contributed by atoms with Crippen molar-refractivity contribution in [3.63, 3.8) is 0 Å². The number of nitrogens with zero attached hydrogens (tertiary/aromatic N) is 3. The van der Waals surface area contributed by atoms with E-state index in [0.717, 1.165) is 5.69 Å². The van der Waals surface area contributed by atoms with E-state index in [2.05, 4.69) is 15.3 Å². The summed E-state index contributed by atoms with van der Waals surface area (Å²) in [5.74, 6) is 0. The molecule has 2 heterocycles. The standard InChI is InChI=1S/C11H7ClN4O/c12-10-9-8(11(17)15-14-10)6-13-16(9)7-4-2-1-3-5-7/h1-6H,(H,15,17). The molecule has 1 aromatic carbocycles. The van der Waals surface area contributed by atoms with Crippen molar-refractivity contribution in [2.24, 2.45) is 0 Å². The van der Waals surface area contributed by atoms with E-state index < -0.39 is 0 Å². The maximum absolute atomic E-state index is 11.5. The van der Waals surface area contributed by atoms with Crippen LogP contribution >= 0.6 is 11.6 Å². The minimum atomic E-state index is -0.299. The molecule has 0 radical (unpaired) electrons. The number of fused-ring (bicyclic) bond motifs is 1. The van der Waals surface area contributed by atoms with Gasteiger partial charge < -0.3 is 0 Å². The number of aromatic amines is 1. The van der Waals surface area contributed by atoms with Gasteiger partial charge in [0, 0.05) is 0 Å². The Bertz CT molecular complexity index is 732. The first-order valence-corrected chi connectivity index (χ1v) is 5.32. The second-order valence-corrected chi connectivity index (χ2v) is 3.86. The normalized spacial score (nSPS) is 10.9. The summed E-state index contributed by atoms with van der Waals surface area (Å²) in [4.78, 5) is 11.5. The van der Waals surface area contributed by atoms with Crippen molar-refractivity contribution in [3.05, 3.63) is 52.0 Å². The molecule has 1 N–H and O–H groups in total. The van der Waals surface area contributed by atoms with Gasteiger partial charge >= 0.3 is 0 Å². The molecule has 6 heteroatoms. The number of benzene rings is 1. The highest BCUT2D eigenvalue weighted by Gasteiger charge is 2.12. The molecule has 0 atom stereocenters. The van der Waals surface area contributed by atoms with Gasteiger partial charge in [0.1, 0.15) is 5.52 Å². The molecule has 0 fully saturated rings. The average molecular weight is 247 g/mol. The van der Waals surface area contributed by atoms with Crippen molar-refractivity contribution in [2.45, 2.75) is 0 Å². The predicted octanol–water partition coefficient (Wildman–Crippen LogP) is 1.76. The van der Waals surface area contributed by atoms with Crippen LogP contribution in [0.1, 0.15) is 0 Å². The fourth-order valence-corrected chi connectivity index (χ4v) is 1.92. The Balaban J connectivity index is 2.40. The zero-order valence-electron chi connectivity index (χ0n) is 8.59. The zero-order chi connectivity index (χ0) is 11.8. The molecule has 0 saturated heterocycles. The van der Waals surface area contributed by atoms with E-state index in [1.54, 1.807) is 4.68 Å². The first-order valence-electron chi connectivity index (χ1n) is 4.95. The fourth-order valence-electron chi connectivity index (χ4n) is 1.69. The molecule has 0 aliphatic rings. The number of halogens is 1. The number of para-hydroxylation sites is 1. The lowest BCUT2D eigenvalue weighted by atomic mass is 10.3. The van der Waals surface area contributed by atoms with E-state index in [1.807, 2.05) is 30.3 Å². The lowest BCUT2D eigenvalue weighted by Crippen LogP contribution is -2.08. The van der Waals surface area contributed by atoms with Crippen molar-refractivity contribution >= 4 is 22.5 Å². The summed E-state index contributed by atoms with van der Waals surface area (Å²) in [5.41, 5.74) is 1.05. The summed E-state index contributed by atoms with van der Waals surface area (Å²) in [6, 6.07) is 9.43. The van der Waals surface area contributed by atoms with Crippen LogP contribution in [0.25, 0.3) is 16.6 Å². The molecule has 2 aromatic heterocycles. The van der Waals surface area contributed by atoms with Gasteiger partial charge in [0.15, 0.2) is 5.15 Å². The fraction of sp³-hybridized carbons (Fsp3) is 0. The largest absolute Gasteiger partial charge is 0.275 e. The van der Waals surface area contributed by atoms with Gasteiger partial charge in [0.2, 0.25) is 0 Å². The summed E-state index contributed by atoms with van der Waals surface area (Å²) in [5, 5.41) is 10.9. The highest BCUT2D eigenvalue weighted by Crippen LogP contribution is 2.20. The molecule has 0 spiro atoms.